The van der Waals surface area contributed by atoms with Crippen LogP contribution in [0.25, 0.3) is 5.78 Å². The van der Waals surface area contributed by atoms with E-state index in [1.54, 1.807) is 16.2 Å². The second kappa shape index (κ2) is 7.07. The fourth-order valence-corrected chi connectivity index (χ4v) is 4.24. The van der Waals surface area contributed by atoms with Gasteiger partial charge >= 0.3 is 5.97 Å². The van der Waals surface area contributed by atoms with E-state index >= 15 is 0 Å². The predicted molar refractivity (Wildman–Crippen MR) is 98.5 cm³/mol. The minimum atomic E-state index is -0.724. The molecule has 4 rings (SSSR count). The van der Waals surface area contributed by atoms with E-state index in [0.717, 1.165) is 29.1 Å². The lowest BCUT2D eigenvalue weighted by Crippen LogP contribution is -2.34. The lowest BCUT2D eigenvalue weighted by atomic mass is 10.2. The molecule has 0 saturated carbocycles. The molecule has 140 valence electrons. The molecule has 3 aromatic rings. The average Bonchev–Trinajstić information content (AvgIpc) is 3.37. The number of ether oxygens (including phenoxy) is 1. The van der Waals surface area contributed by atoms with Crippen molar-refractivity contribution < 1.29 is 14.3 Å². The topological polar surface area (TPSA) is 89.7 Å². The number of carbonyl (C=O) groups excluding carboxylic acids is 2. The SMILES string of the molecule is Cc1cc(C)n2nc(C(=O)OCC(=O)N3CCCC3c3cccs3)nc2n1. The smallest absolute Gasteiger partial charge is 0.378 e. The van der Waals surface area contributed by atoms with Crippen molar-refractivity contribution in [3.05, 3.63) is 45.7 Å². The van der Waals surface area contributed by atoms with Crippen LogP contribution in [0.1, 0.15) is 45.8 Å². The number of hydrogen-bond donors (Lipinski definition) is 0. The number of thiophene rings is 1. The van der Waals surface area contributed by atoms with E-state index in [0.29, 0.717) is 12.3 Å². The molecule has 1 saturated heterocycles. The summed E-state index contributed by atoms with van der Waals surface area (Å²) in [5.74, 6) is -0.686. The molecule has 8 nitrogen and oxygen atoms in total. The first kappa shape index (κ1) is 17.6. The van der Waals surface area contributed by atoms with Crippen molar-refractivity contribution in [2.75, 3.05) is 13.2 Å². The van der Waals surface area contributed by atoms with Crippen molar-refractivity contribution in [3.8, 4) is 0 Å². The van der Waals surface area contributed by atoms with Crippen LogP contribution in [-0.4, -0.2) is 49.5 Å². The van der Waals surface area contributed by atoms with E-state index in [4.69, 9.17) is 4.74 Å². The van der Waals surface area contributed by atoms with Gasteiger partial charge in [-0.1, -0.05) is 6.07 Å². The number of fused-ring (bicyclic) bond motifs is 1. The number of hydrogen-bond acceptors (Lipinski definition) is 7. The van der Waals surface area contributed by atoms with Gasteiger partial charge in [-0.3, -0.25) is 4.79 Å². The van der Waals surface area contributed by atoms with Gasteiger partial charge in [-0.15, -0.1) is 16.4 Å². The van der Waals surface area contributed by atoms with Crippen LogP contribution in [0.2, 0.25) is 0 Å². The maximum Gasteiger partial charge on any atom is 0.378 e. The summed E-state index contributed by atoms with van der Waals surface area (Å²) in [5.41, 5.74) is 1.60. The Kier molecular flexibility index (Phi) is 4.61. The van der Waals surface area contributed by atoms with Crippen LogP contribution in [0, 0.1) is 13.8 Å². The van der Waals surface area contributed by atoms with Crippen molar-refractivity contribution in [2.24, 2.45) is 0 Å². The van der Waals surface area contributed by atoms with Crippen molar-refractivity contribution in [1.29, 1.82) is 0 Å². The van der Waals surface area contributed by atoms with E-state index in [9.17, 15) is 9.59 Å². The summed E-state index contributed by atoms with van der Waals surface area (Å²) in [6.45, 7) is 4.06. The zero-order valence-corrected chi connectivity index (χ0v) is 15.9. The van der Waals surface area contributed by atoms with Gasteiger partial charge in [0.25, 0.3) is 17.5 Å². The number of esters is 1. The third-order valence-electron chi connectivity index (χ3n) is 4.57. The van der Waals surface area contributed by atoms with Gasteiger partial charge in [0.05, 0.1) is 6.04 Å². The lowest BCUT2D eigenvalue weighted by Gasteiger charge is -2.23. The number of aryl methyl sites for hydroxylation is 2. The number of likely N-dealkylation sites (tertiary alicyclic amines) is 1. The maximum atomic E-state index is 12.6. The standard InChI is InChI=1S/C18H19N5O3S/c1-11-9-12(2)23-18(19-11)20-16(21-23)17(25)26-10-15(24)22-7-3-5-13(22)14-6-4-8-27-14/h4,6,8-9,13H,3,5,7,10H2,1-2H3. The highest BCUT2D eigenvalue weighted by molar-refractivity contribution is 7.10. The van der Waals surface area contributed by atoms with E-state index in [2.05, 4.69) is 15.1 Å². The highest BCUT2D eigenvalue weighted by Gasteiger charge is 2.31. The molecule has 1 unspecified atom stereocenters. The Morgan fingerprint density at radius 2 is 2.19 bits per heavy atom. The first-order valence-corrected chi connectivity index (χ1v) is 9.62. The molecule has 27 heavy (non-hydrogen) atoms. The fraction of sp³-hybridized carbons (Fsp3) is 0.389. The van der Waals surface area contributed by atoms with Gasteiger partial charge in [-0.2, -0.15) is 4.98 Å². The van der Waals surface area contributed by atoms with Gasteiger partial charge in [0.15, 0.2) is 6.61 Å². The Morgan fingerprint density at radius 1 is 1.33 bits per heavy atom. The number of aromatic nitrogens is 4. The van der Waals surface area contributed by atoms with Crippen molar-refractivity contribution in [3.63, 3.8) is 0 Å². The Balaban J connectivity index is 1.43. The van der Waals surface area contributed by atoms with Crippen molar-refractivity contribution in [2.45, 2.75) is 32.7 Å². The summed E-state index contributed by atoms with van der Waals surface area (Å²) in [4.78, 5) is 36.1. The second-order valence-electron chi connectivity index (χ2n) is 6.52. The molecule has 1 amide bonds. The van der Waals surface area contributed by atoms with Gasteiger partial charge < -0.3 is 9.64 Å². The van der Waals surface area contributed by atoms with Gasteiger partial charge in [0.2, 0.25) is 0 Å². The number of carbonyl (C=O) groups is 2. The molecule has 0 radical (unpaired) electrons. The lowest BCUT2D eigenvalue weighted by molar-refractivity contribution is -0.135. The van der Waals surface area contributed by atoms with E-state index in [-0.39, 0.29) is 24.4 Å². The third-order valence-corrected chi connectivity index (χ3v) is 5.55. The summed E-state index contributed by atoms with van der Waals surface area (Å²) >= 11 is 1.64. The molecule has 0 bridgehead atoms. The predicted octanol–water partition coefficient (Wildman–Crippen LogP) is 2.32. The largest absolute Gasteiger partial charge is 0.450 e. The number of nitrogens with zero attached hydrogens (tertiary/aromatic N) is 5. The Labute approximate surface area is 159 Å². The van der Waals surface area contributed by atoms with Gasteiger partial charge in [-0.25, -0.2) is 14.3 Å². The highest BCUT2D eigenvalue weighted by Crippen LogP contribution is 2.34. The zero-order valence-electron chi connectivity index (χ0n) is 15.1. The van der Waals surface area contributed by atoms with Crippen LogP contribution in [-0.2, 0) is 9.53 Å². The maximum absolute atomic E-state index is 12.6. The monoisotopic (exact) mass is 385 g/mol. The Morgan fingerprint density at radius 3 is 2.96 bits per heavy atom. The average molecular weight is 385 g/mol. The minimum Gasteiger partial charge on any atom is -0.450 e. The van der Waals surface area contributed by atoms with Crippen LogP contribution in [0.15, 0.2) is 23.6 Å². The molecular formula is C18H19N5O3S. The summed E-state index contributed by atoms with van der Waals surface area (Å²) in [5, 5.41) is 6.13. The van der Waals surface area contributed by atoms with Crippen molar-refractivity contribution in [1.82, 2.24) is 24.5 Å². The first-order valence-electron chi connectivity index (χ1n) is 8.74. The van der Waals surface area contributed by atoms with E-state index < -0.39 is 5.97 Å². The second-order valence-corrected chi connectivity index (χ2v) is 7.50. The molecule has 4 heterocycles. The molecule has 1 aliphatic heterocycles. The summed E-state index contributed by atoms with van der Waals surface area (Å²) < 4.78 is 6.66. The number of amides is 1. The third kappa shape index (κ3) is 3.42. The zero-order chi connectivity index (χ0) is 19.0. The van der Waals surface area contributed by atoms with Crippen molar-refractivity contribution >= 4 is 29.0 Å². The first-order chi connectivity index (χ1) is 13.0. The molecule has 0 aromatic carbocycles. The summed E-state index contributed by atoms with van der Waals surface area (Å²) in [6, 6.07) is 5.93. The van der Waals surface area contributed by atoms with Crippen LogP contribution < -0.4 is 0 Å². The fourth-order valence-electron chi connectivity index (χ4n) is 3.37. The molecular weight excluding hydrogens is 366 g/mol. The molecule has 1 atom stereocenters. The molecule has 3 aromatic heterocycles. The molecule has 0 aliphatic carbocycles. The Hall–Kier alpha value is -2.81. The number of rotatable bonds is 4. The molecule has 9 heteroatoms. The van der Waals surface area contributed by atoms with Crippen LogP contribution in [0.4, 0.5) is 0 Å². The Bertz CT molecular complexity index is 998. The van der Waals surface area contributed by atoms with Gasteiger partial charge in [0, 0.05) is 22.8 Å². The van der Waals surface area contributed by atoms with Crippen LogP contribution in [0.3, 0.4) is 0 Å². The van der Waals surface area contributed by atoms with E-state index in [1.807, 2.05) is 37.4 Å². The summed E-state index contributed by atoms with van der Waals surface area (Å²) in [6.07, 6.45) is 1.87. The van der Waals surface area contributed by atoms with E-state index in [1.165, 1.54) is 4.52 Å². The van der Waals surface area contributed by atoms with Crippen LogP contribution in [0.5, 0.6) is 0 Å². The summed E-state index contributed by atoms with van der Waals surface area (Å²) in [7, 11) is 0. The molecule has 1 aliphatic rings. The molecule has 0 spiro atoms. The molecule has 1 fully saturated rings. The van der Waals surface area contributed by atoms with Crippen LogP contribution >= 0.6 is 11.3 Å². The quantitative estimate of drug-likeness (QED) is 0.640. The molecule has 0 N–H and O–H groups in total. The van der Waals surface area contributed by atoms with Gasteiger partial charge in [-0.05, 0) is 44.2 Å². The minimum absolute atomic E-state index is 0.0688. The normalized spacial score (nSPS) is 16.8. The van der Waals surface area contributed by atoms with Gasteiger partial charge in [0.1, 0.15) is 0 Å². The highest BCUT2D eigenvalue weighted by atomic mass is 32.1.